The minimum atomic E-state index is -0.279. The van der Waals surface area contributed by atoms with E-state index in [2.05, 4.69) is 32.8 Å². The normalized spacial score (nSPS) is 12.2. The van der Waals surface area contributed by atoms with Crippen molar-refractivity contribution < 1.29 is 14.3 Å². The van der Waals surface area contributed by atoms with E-state index in [1.807, 2.05) is 24.9 Å². The fourth-order valence-corrected chi connectivity index (χ4v) is 2.41. The quantitative estimate of drug-likeness (QED) is 0.179. The van der Waals surface area contributed by atoms with E-state index in [4.69, 9.17) is 21.1 Å². The molecular weight excluding hydrogens is 398 g/mol. The summed E-state index contributed by atoms with van der Waals surface area (Å²) in [5.41, 5.74) is 1.58. The highest BCUT2D eigenvalue weighted by Crippen LogP contribution is 2.29. The van der Waals surface area contributed by atoms with E-state index in [9.17, 15) is 4.79 Å². The van der Waals surface area contributed by atoms with Crippen LogP contribution in [0.15, 0.2) is 15.5 Å². The molecule has 0 aromatic carbocycles. The van der Waals surface area contributed by atoms with Gasteiger partial charge in [0.1, 0.15) is 6.10 Å². The Morgan fingerprint density at radius 3 is 2.92 bits per heavy atom. The molecule has 0 bridgehead atoms. The van der Waals surface area contributed by atoms with Gasteiger partial charge < -0.3 is 14.4 Å². The lowest BCUT2D eigenvalue weighted by Gasteiger charge is -2.13. The van der Waals surface area contributed by atoms with Gasteiger partial charge in [0.2, 0.25) is 5.88 Å². The van der Waals surface area contributed by atoms with Crippen LogP contribution in [0, 0.1) is 6.92 Å². The third kappa shape index (κ3) is 7.05. The number of alkyl halides is 1. The van der Waals surface area contributed by atoms with Crippen LogP contribution in [-0.2, 0) is 9.53 Å². The number of hydrogen-bond acceptors (Lipinski definition) is 5. The molecule has 1 rings (SSSR count). The number of ether oxygens (including phenoxy) is 2. The van der Waals surface area contributed by atoms with Gasteiger partial charge in [0.05, 0.1) is 34.7 Å². The number of nitrogens with zero attached hydrogens (tertiary/aromatic N) is 3. The number of aryl methyl sites for hydroxylation is 1. The van der Waals surface area contributed by atoms with Crippen LogP contribution in [0.2, 0.25) is 0 Å². The van der Waals surface area contributed by atoms with Crippen LogP contribution < -0.4 is 4.74 Å². The summed E-state index contributed by atoms with van der Waals surface area (Å²) in [7, 11) is 1.96. The van der Waals surface area contributed by atoms with Crippen molar-refractivity contribution in [1.82, 2.24) is 9.88 Å². The second-order valence-electron chi connectivity index (χ2n) is 5.20. The predicted molar refractivity (Wildman–Crippen MR) is 99.5 cm³/mol. The highest BCUT2D eigenvalue weighted by molar-refractivity contribution is 9.10. The molecule has 0 aliphatic rings. The van der Waals surface area contributed by atoms with Gasteiger partial charge in [-0.2, -0.15) is 0 Å². The van der Waals surface area contributed by atoms with Gasteiger partial charge in [-0.25, -0.2) is 9.98 Å². The number of aliphatic imine (C=N–C) groups is 1. The highest BCUT2D eigenvalue weighted by Gasteiger charge is 2.10. The zero-order valence-corrected chi connectivity index (χ0v) is 16.5. The molecule has 0 aliphatic carbocycles. The molecular formula is C16H23BrClN3O3. The van der Waals surface area contributed by atoms with Crippen molar-refractivity contribution in [2.45, 2.75) is 32.8 Å². The Kier molecular flexibility index (Phi) is 9.71. The first kappa shape index (κ1) is 20.7. The molecule has 6 nitrogen and oxygen atoms in total. The zero-order chi connectivity index (χ0) is 17.9. The second-order valence-corrected chi connectivity index (χ2v) is 6.36. The second kappa shape index (κ2) is 11.3. The van der Waals surface area contributed by atoms with Crippen molar-refractivity contribution in [3.8, 4) is 5.88 Å². The number of rotatable bonds is 11. The van der Waals surface area contributed by atoms with Gasteiger partial charge in [-0.05, 0) is 48.7 Å². The molecule has 134 valence electrons. The number of aromatic nitrogens is 1. The van der Waals surface area contributed by atoms with Gasteiger partial charge >= 0.3 is 0 Å². The lowest BCUT2D eigenvalue weighted by Crippen LogP contribution is -2.15. The minimum absolute atomic E-state index is 0.276. The standard InChI is InChI=1S/C16H23BrClN3O3/c1-4-21(3)10-19-15-8-14(17)16(20-12(15)2)23-7-5-6-13(9-18)24-11-22/h8,10-11,13H,4-7,9H2,1-3H3/b19-10+. The van der Waals surface area contributed by atoms with E-state index in [0.717, 1.165) is 22.4 Å². The Morgan fingerprint density at radius 1 is 1.54 bits per heavy atom. The Bertz CT molecular complexity index is 558. The van der Waals surface area contributed by atoms with Gasteiger partial charge in [-0.15, -0.1) is 11.6 Å². The largest absolute Gasteiger partial charge is 0.477 e. The molecule has 0 radical (unpaired) electrons. The van der Waals surface area contributed by atoms with E-state index >= 15 is 0 Å². The van der Waals surface area contributed by atoms with Gasteiger partial charge in [0, 0.05) is 13.6 Å². The van der Waals surface area contributed by atoms with Crippen LogP contribution in [0.25, 0.3) is 0 Å². The van der Waals surface area contributed by atoms with Crippen LogP contribution in [0.1, 0.15) is 25.5 Å². The molecule has 24 heavy (non-hydrogen) atoms. The molecule has 0 amide bonds. The molecule has 1 atom stereocenters. The maximum Gasteiger partial charge on any atom is 0.293 e. The molecule has 0 saturated heterocycles. The van der Waals surface area contributed by atoms with Crippen LogP contribution in [-0.4, -0.2) is 54.9 Å². The summed E-state index contributed by atoms with van der Waals surface area (Å²) in [5, 5.41) is 0. The van der Waals surface area contributed by atoms with E-state index in [1.165, 1.54) is 0 Å². The molecule has 0 saturated carbocycles. The smallest absolute Gasteiger partial charge is 0.293 e. The summed E-state index contributed by atoms with van der Waals surface area (Å²) in [4.78, 5) is 21.1. The Morgan fingerprint density at radius 2 is 2.29 bits per heavy atom. The number of pyridine rings is 1. The molecule has 0 fully saturated rings. The topological polar surface area (TPSA) is 64.0 Å². The number of hydrogen-bond donors (Lipinski definition) is 0. The monoisotopic (exact) mass is 419 g/mol. The number of carbonyl (C=O) groups is 1. The van der Waals surface area contributed by atoms with Crippen molar-refractivity contribution in [1.29, 1.82) is 0 Å². The van der Waals surface area contributed by atoms with E-state index in [0.29, 0.717) is 31.8 Å². The lowest BCUT2D eigenvalue weighted by atomic mass is 10.2. The van der Waals surface area contributed by atoms with Crippen LogP contribution >= 0.6 is 27.5 Å². The summed E-state index contributed by atoms with van der Waals surface area (Å²) in [5.74, 6) is 0.799. The first-order valence-electron chi connectivity index (χ1n) is 7.71. The Labute approximate surface area is 156 Å². The molecule has 0 spiro atoms. The van der Waals surface area contributed by atoms with Crippen LogP contribution in [0.5, 0.6) is 5.88 Å². The van der Waals surface area contributed by atoms with Crippen LogP contribution in [0.3, 0.4) is 0 Å². The van der Waals surface area contributed by atoms with Gasteiger partial charge in [-0.1, -0.05) is 0 Å². The summed E-state index contributed by atoms with van der Waals surface area (Å²) in [6.07, 6.45) is 2.85. The third-order valence-corrected chi connectivity index (χ3v) is 4.24. The number of carbonyl (C=O) groups excluding carboxylic acids is 1. The van der Waals surface area contributed by atoms with Gasteiger partial charge in [0.15, 0.2) is 0 Å². The third-order valence-electron chi connectivity index (χ3n) is 3.33. The lowest BCUT2D eigenvalue weighted by molar-refractivity contribution is -0.132. The molecule has 1 heterocycles. The molecule has 8 heteroatoms. The summed E-state index contributed by atoms with van der Waals surface area (Å²) < 4.78 is 11.3. The molecule has 0 aliphatic heterocycles. The van der Waals surface area contributed by atoms with Crippen molar-refractivity contribution in [2.75, 3.05) is 26.1 Å². The van der Waals surface area contributed by atoms with Crippen molar-refractivity contribution >= 4 is 46.0 Å². The fourth-order valence-electron chi connectivity index (χ4n) is 1.76. The fraction of sp³-hybridized carbons (Fsp3) is 0.562. The van der Waals surface area contributed by atoms with Gasteiger partial charge in [-0.3, -0.25) is 4.79 Å². The number of halogens is 2. The first-order valence-corrected chi connectivity index (χ1v) is 9.04. The average Bonchev–Trinajstić information content (AvgIpc) is 2.58. The van der Waals surface area contributed by atoms with Crippen molar-refractivity contribution in [2.24, 2.45) is 4.99 Å². The summed E-state index contributed by atoms with van der Waals surface area (Å²) in [6, 6.07) is 1.88. The minimum Gasteiger partial charge on any atom is -0.477 e. The SMILES string of the molecule is CCN(C)/C=N/c1cc(Br)c(OCCCC(CCl)OC=O)nc1C. The zero-order valence-electron chi connectivity index (χ0n) is 14.2. The van der Waals surface area contributed by atoms with Crippen molar-refractivity contribution in [3.63, 3.8) is 0 Å². The van der Waals surface area contributed by atoms with Crippen molar-refractivity contribution in [3.05, 3.63) is 16.2 Å². The molecule has 1 aromatic rings. The summed E-state index contributed by atoms with van der Waals surface area (Å²) >= 11 is 9.16. The van der Waals surface area contributed by atoms with E-state index < -0.39 is 0 Å². The first-order chi connectivity index (χ1) is 11.5. The highest BCUT2D eigenvalue weighted by atomic mass is 79.9. The Hall–Kier alpha value is -1.34. The van der Waals surface area contributed by atoms with Crippen LogP contribution in [0.4, 0.5) is 5.69 Å². The van der Waals surface area contributed by atoms with E-state index in [1.54, 1.807) is 6.34 Å². The van der Waals surface area contributed by atoms with Gasteiger partial charge in [0.25, 0.3) is 6.47 Å². The average molecular weight is 421 g/mol. The Balaban J connectivity index is 2.59. The maximum atomic E-state index is 10.3. The molecule has 0 N–H and O–H groups in total. The molecule has 1 unspecified atom stereocenters. The van der Waals surface area contributed by atoms with E-state index in [-0.39, 0.29) is 12.0 Å². The maximum absolute atomic E-state index is 10.3. The molecule has 1 aromatic heterocycles. The predicted octanol–water partition coefficient (Wildman–Crippen LogP) is 3.70. The summed E-state index contributed by atoms with van der Waals surface area (Å²) in [6.45, 7) is 5.71.